The van der Waals surface area contributed by atoms with Crippen molar-refractivity contribution in [1.82, 2.24) is 14.9 Å². The molecule has 2 amide bonds. The van der Waals surface area contributed by atoms with Crippen LogP contribution >= 0.6 is 11.8 Å². The van der Waals surface area contributed by atoms with Gasteiger partial charge in [-0.2, -0.15) is 0 Å². The molecule has 0 atom stereocenters. The number of amides is 2. The summed E-state index contributed by atoms with van der Waals surface area (Å²) in [5.74, 6) is -0.775. The third-order valence-corrected chi connectivity index (χ3v) is 6.47. The van der Waals surface area contributed by atoms with Crippen LogP contribution in [-0.2, 0) is 16.1 Å². The van der Waals surface area contributed by atoms with Crippen molar-refractivity contribution in [1.29, 1.82) is 0 Å². The lowest BCUT2D eigenvalue weighted by molar-refractivity contribution is -0.122. The van der Waals surface area contributed by atoms with Gasteiger partial charge in [0.2, 0.25) is 0 Å². The van der Waals surface area contributed by atoms with Crippen molar-refractivity contribution in [2.45, 2.75) is 17.9 Å². The highest BCUT2D eigenvalue weighted by molar-refractivity contribution is 7.98. The van der Waals surface area contributed by atoms with E-state index in [0.29, 0.717) is 29.7 Å². The molecule has 0 unspecified atom stereocenters. The number of carbonyl (C=O) groups is 2. The smallest absolute Gasteiger partial charge is 0.259 e. The predicted octanol–water partition coefficient (Wildman–Crippen LogP) is 3.79. The summed E-state index contributed by atoms with van der Waals surface area (Å²) in [6.45, 7) is 0.703. The lowest BCUT2D eigenvalue weighted by Crippen LogP contribution is -2.22. The SMILES string of the molecule is CSc1cccc2c(C3=C(c4c[nH]c5ccccc45)C(=O)NC3=O)cn(CCCO)c12. The van der Waals surface area contributed by atoms with Crippen LogP contribution in [0.1, 0.15) is 17.5 Å². The fourth-order valence-electron chi connectivity index (χ4n) is 4.35. The Labute approximate surface area is 182 Å². The Hall–Kier alpha value is -3.29. The van der Waals surface area contributed by atoms with E-state index in [1.54, 1.807) is 18.0 Å². The van der Waals surface area contributed by atoms with Gasteiger partial charge in [-0.15, -0.1) is 11.8 Å². The zero-order valence-corrected chi connectivity index (χ0v) is 17.8. The van der Waals surface area contributed by atoms with Crippen molar-refractivity contribution in [3.8, 4) is 0 Å². The minimum absolute atomic E-state index is 0.0820. The normalized spacial score (nSPS) is 14.3. The van der Waals surface area contributed by atoms with E-state index in [2.05, 4.69) is 14.9 Å². The maximum Gasteiger partial charge on any atom is 0.259 e. The molecule has 7 heteroatoms. The zero-order chi connectivity index (χ0) is 21.5. The molecule has 2 aromatic heterocycles. The average molecular weight is 432 g/mol. The lowest BCUT2D eigenvalue weighted by atomic mass is 9.95. The summed E-state index contributed by atoms with van der Waals surface area (Å²) in [4.78, 5) is 30.2. The number of aromatic nitrogens is 2. The topological polar surface area (TPSA) is 87.1 Å². The number of hydrogen-bond acceptors (Lipinski definition) is 4. The number of imide groups is 1. The lowest BCUT2D eigenvalue weighted by Gasteiger charge is -2.07. The number of aromatic amines is 1. The first-order valence-electron chi connectivity index (χ1n) is 10.1. The van der Waals surface area contributed by atoms with Crippen molar-refractivity contribution >= 4 is 56.5 Å². The number of hydrogen-bond donors (Lipinski definition) is 3. The van der Waals surface area contributed by atoms with Gasteiger partial charge in [0.1, 0.15) is 0 Å². The minimum atomic E-state index is -0.388. The van der Waals surface area contributed by atoms with Crippen LogP contribution in [-0.4, -0.2) is 39.3 Å². The van der Waals surface area contributed by atoms with Crippen LogP contribution in [0.3, 0.4) is 0 Å². The molecule has 6 nitrogen and oxygen atoms in total. The highest BCUT2D eigenvalue weighted by Crippen LogP contribution is 2.40. The van der Waals surface area contributed by atoms with Crippen LogP contribution in [0.4, 0.5) is 0 Å². The van der Waals surface area contributed by atoms with Gasteiger partial charge in [0.25, 0.3) is 11.8 Å². The van der Waals surface area contributed by atoms with Crippen molar-refractivity contribution in [3.63, 3.8) is 0 Å². The number of nitrogens with one attached hydrogen (secondary N) is 2. The molecule has 2 aromatic carbocycles. The van der Waals surface area contributed by atoms with E-state index < -0.39 is 0 Å². The summed E-state index contributed by atoms with van der Waals surface area (Å²) in [6.07, 6.45) is 6.34. The molecule has 0 saturated heterocycles. The number of benzene rings is 2. The van der Waals surface area contributed by atoms with Gasteiger partial charge in [-0.3, -0.25) is 14.9 Å². The predicted molar refractivity (Wildman–Crippen MR) is 124 cm³/mol. The van der Waals surface area contributed by atoms with E-state index in [1.807, 2.05) is 54.9 Å². The number of fused-ring (bicyclic) bond motifs is 2. The van der Waals surface area contributed by atoms with Gasteiger partial charge in [-0.1, -0.05) is 30.3 Å². The Kier molecular flexibility index (Phi) is 4.92. The molecule has 0 spiro atoms. The summed E-state index contributed by atoms with van der Waals surface area (Å²) in [5.41, 5.74) is 4.14. The maximum absolute atomic E-state index is 13.0. The van der Waals surface area contributed by atoms with Crippen LogP contribution in [0.25, 0.3) is 33.0 Å². The van der Waals surface area contributed by atoms with Gasteiger partial charge >= 0.3 is 0 Å². The van der Waals surface area contributed by atoms with Crippen molar-refractivity contribution in [3.05, 3.63) is 66.0 Å². The van der Waals surface area contributed by atoms with Crippen LogP contribution in [0, 0.1) is 0 Å². The van der Waals surface area contributed by atoms with E-state index in [9.17, 15) is 14.7 Å². The molecule has 5 rings (SSSR count). The number of thioether (sulfide) groups is 1. The average Bonchev–Trinajstić information content (AvgIpc) is 3.45. The van der Waals surface area contributed by atoms with Crippen LogP contribution in [0.5, 0.6) is 0 Å². The first-order chi connectivity index (χ1) is 15.1. The Bertz CT molecular complexity index is 1380. The van der Waals surface area contributed by atoms with Crippen LogP contribution < -0.4 is 5.32 Å². The number of aliphatic hydroxyl groups excluding tert-OH is 1. The standard InChI is InChI=1S/C24H21N3O3S/c1-31-19-9-4-7-15-17(13-27(22(15)19)10-5-11-28)21-20(23(29)26-24(21)30)16-12-25-18-8-3-2-6-14(16)18/h2-4,6-9,12-13,25,28H,5,10-11H2,1H3,(H,26,29,30). The van der Waals surface area contributed by atoms with E-state index in [0.717, 1.165) is 32.3 Å². The molecule has 0 fully saturated rings. The largest absolute Gasteiger partial charge is 0.396 e. The first kappa shape index (κ1) is 19.7. The molecular weight excluding hydrogens is 410 g/mol. The van der Waals surface area contributed by atoms with Gasteiger partial charge in [0.05, 0.1) is 16.7 Å². The number of aliphatic hydroxyl groups is 1. The highest BCUT2D eigenvalue weighted by Gasteiger charge is 2.35. The summed E-state index contributed by atoms with van der Waals surface area (Å²) in [7, 11) is 0. The van der Waals surface area contributed by atoms with Gasteiger partial charge in [-0.25, -0.2) is 0 Å². The number of para-hydroxylation sites is 2. The fourth-order valence-corrected chi connectivity index (χ4v) is 4.99. The molecular formula is C24H21N3O3S. The monoisotopic (exact) mass is 431 g/mol. The number of rotatable bonds is 6. The first-order valence-corrected chi connectivity index (χ1v) is 11.3. The second-order valence-electron chi connectivity index (χ2n) is 7.45. The second-order valence-corrected chi connectivity index (χ2v) is 8.30. The van der Waals surface area contributed by atoms with E-state index in [4.69, 9.17) is 0 Å². The Balaban J connectivity index is 1.81. The molecule has 156 valence electrons. The van der Waals surface area contributed by atoms with Gasteiger partial charge in [0, 0.05) is 57.9 Å². The van der Waals surface area contributed by atoms with Crippen molar-refractivity contribution in [2.75, 3.05) is 12.9 Å². The quantitative estimate of drug-likeness (QED) is 0.320. The van der Waals surface area contributed by atoms with E-state index in [1.165, 1.54) is 0 Å². The minimum Gasteiger partial charge on any atom is -0.396 e. The molecule has 0 radical (unpaired) electrons. The summed E-state index contributed by atoms with van der Waals surface area (Å²) in [6, 6.07) is 13.7. The third kappa shape index (κ3) is 3.08. The molecule has 3 heterocycles. The molecule has 0 saturated carbocycles. The van der Waals surface area contributed by atoms with Gasteiger partial charge in [0.15, 0.2) is 0 Å². The van der Waals surface area contributed by atoms with Crippen LogP contribution in [0.2, 0.25) is 0 Å². The molecule has 0 aliphatic carbocycles. The van der Waals surface area contributed by atoms with E-state index in [-0.39, 0.29) is 18.4 Å². The summed E-state index contributed by atoms with van der Waals surface area (Å²) < 4.78 is 2.07. The van der Waals surface area contributed by atoms with Crippen molar-refractivity contribution < 1.29 is 14.7 Å². The molecule has 3 N–H and O–H groups in total. The van der Waals surface area contributed by atoms with Crippen molar-refractivity contribution in [2.24, 2.45) is 0 Å². The summed E-state index contributed by atoms with van der Waals surface area (Å²) in [5, 5.41) is 13.7. The number of H-pyrrole nitrogens is 1. The Morgan fingerprint density at radius 2 is 1.71 bits per heavy atom. The zero-order valence-electron chi connectivity index (χ0n) is 16.9. The second kappa shape index (κ2) is 7.76. The van der Waals surface area contributed by atoms with Gasteiger partial charge < -0.3 is 14.7 Å². The highest BCUT2D eigenvalue weighted by atomic mass is 32.2. The molecule has 4 aromatic rings. The van der Waals surface area contributed by atoms with Crippen LogP contribution in [0.15, 0.2) is 59.8 Å². The van der Waals surface area contributed by atoms with Gasteiger partial charge in [-0.05, 0) is 24.8 Å². The van der Waals surface area contributed by atoms with E-state index >= 15 is 0 Å². The fraction of sp³-hybridized carbons (Fsp3) is 0.167. The molecule has 1 aliphatic rings. The molecule has 1 aliphatic heterocycles. The Morgan fingerprint density at radius 1 is 0.968 bits per heavy atom. The Morgan fingerprint density at radius 3 is 2.48 bits per heavy atom. The maximum atomic E-state index is 13.0. The summed E-state index contributed by atoms with van der Waals surface area (Å²) >= 11 is 1.63. The number of nitrogens with zero attached hydrogens (tertiary/aromatic N) is 1. The number of carbonyl (C=O) groups excluding carboxylic acids is 2. The number of aryl methyl sites for hydroxylation is 1. The third-order valence-electron chi connectivity index (χ3n) is 5.70. The molecule has 0 bridgehead atoms. The molecule has 31 heavy (non-hydrogen) atoms.